The first-order valence-corrected chi connectivity index (χ1v) is 8.86. The predicted octanol–water partition coefficient (Wildman–Crippen LogP) is 4.57. The molecule has 4 rings (SSSR count). The first-order valence-electron chi connectivity index (χ1n) is 8.86. The Balaban J connectivity index is 1.75. The van der Waals surface area contributed by atoms with E-state index in [1.165, 1.54) is 59.3 Å². The number of hydrogen-bond donors (Lipinski definition) is 1. The van der Waals surface area contributed by atoms with E-state index in [-0.39, 0.29) is 11.5 Å². The van der Waals surface area contributed by atoms with Gasteiger partial charge in [-0.25, -0.2) is 9.37 Å². The summed E-state index contributed by atoms with van der Waals surface area (Å²) in [5, 5.41) is 1.99. The number of alkyl halides is 3. The van der Waals surface area contributed by atoms with Crippen molar-refractivity contribution in [2.24, 2.45) is 0 Å². The van der Waals surface area contributed by atoms with Crippen LogP contribution in [0.5, 0.6) is 0 Å². The molecule has 1 amide bonds. The van der Waals surface area contributed by atoms with Gasteiger partial charge in [-0.2, -0.15) is 13.2 Å². The van der Waals surface area contributed by atoms with Crippen molar-refractivity contribution in [3.8, 4) is 11.3 Å². The molecule has 1 N–H and O–H groups in total. The number of benzene rings is 1. The molecule has 0 saturated heterocycles. The minimum atomic E-state index is -4.75. The zero-order valence-electron chi connectivity index (χ0n) is 15.3. The molecule has 0 bridgehead atoms. The van der Waals surface area contributed by atoms with Gasteiger partial charge in [0, 0.05) is 18.0 Å². The molecule has 5 nitrogen and oxygen atoms in total. The van der Waals surface area contributed by atoms with Gasteiger partial charge in [-0.3, -0.25) is 14.2 Å². The van der Waals surface area contributed by atoms with Crippen LogP contribution in [0.25, 0.3) is 16.8 Å². The van der Waals surface area contributed by atoms with Crippen LogP contribution in [0.2, 0.25) is 0 Å². The van der Waals surface area contributed by atoms with E-state index in [2.05, 4.69) is 9.97 Å². The molecule has 3 heterocycles. The highest BCUT2D eigenvalue weighted by Crippen LogP contribution is 2.32. The molecule has 0 fully saturated rings. The van der Waals surface area contributed by atoms with Crippen LogP contribution in [0.1, 0.15) is 22.4 Å². The number of nitrogens with one attached hydrogen (secondary N) is 1. The molecule has 0 aliphatic carbocycles. The van der Waals surface area contributed by atoms with Crippen LogP contribution in [0.3, 0.4) is 0 Å². The molecule has 0 saturated carbocycles. The highest BCUT2D eigenvalue weighted by atomic mass is 19.4. The van der Waals surface area contributed by atoms with Crippen LogP contribution < -0.4 is 5.32 Å². The standard InChI is InChI=1S/C21H14F4N4O/c22-14-9-7-13(8-10-14)17-16-6-2-4-12-29(16)19(27-17)20(30)28-18(21(23,24)25)15-5-1-3-11-26-15/h1-12,18H,(H,28,30). The Morgan fingerprint density at radius 3 is 2.40 bits per heavy atom. The van der Waals surface area contributed by atoms with Crippen molar-refractivity contribution >= 4 is 11.4 Å². The van der Waals surface area contributed by atoms with Gasteiger partial charge < -0.3 is 5.32 Å². The van der Waals surface area contributed by atoms with E-state index in [1.54, 1.807) is 18.2 Å². The first-order chi connectivity index (χ1) is 14.3. The summed E-state index contributed by atoms with van der Waals surface area (Å²) in [5.74, 6) is -1.68. The van der Waals surface area contributed by atoms with E-state index in [0.717, 1.165) is 0 Å². The highest BCUT2D eigenvalue weighted by Gasteiger charge is 2.43. The summed E-state index contributed by atoms with van der Waals surface area (Å²) in [4.78, 5) is 20.8. The maximum atomic E-state index is 13.6. The van der Waals surface area contributed by atoms with Gasteiger partial charge in [-0.15, -0.1) is 0 Å². The maximum Gasteiger partial charge on any atom is 0.414 e. The lowest BCUT2D eigenvalue weighted by atomic mass is 10.1. The van der Waals surface area contributed by atoms with Crippen molar-refractivity contribution in [3.63, 3.8) is 0 Å². The van der Waals surface area contributed by atoms with Crippen LogP contribution >= 0.6 is 0 Å². The normalized spacial score (nSPS) is 12.7. The smallest absolute Gasteiger partial charge is 0.333 e. The van der Waals surface area contributed by atoms with Crippen LogP contribution in [0.4, 0.5) is 17.6 Å². The Labute approximate surface area is 168 Å². The average molecular weight is 414 g/mol. The Morgan fingerprint density at radius 2 is 1.73 bits per heavy atom. The van der Waals surface area contributed by atoms with E-state index in [0.29, 0.717) is 16.8 Å². The maximum absolute atomic E-state index is 13.6. The van der Waals surface area contributed by atoms with Gasteiger partial charge in [-0.05, 0) is 48.5 Å². The van der Waals surface area contributed by atoms with Gasteiger partial charge >= 0.3 is 6.18 Å². The SMILES string of the molecule is O=C(NC(c1ccccn1)C(F)(F)F)c1nc(-c2ccc(F)cc2)c2ccccn12. The molecule has 4 aromatic rings. The fourth-order valence-electron chi connectivity index (χ4n) is 3.08. The lowest BCUT2D eigenvalue weighted by molar-refractivity contribution is -0.156. The van der Waals surface area contributed by atoms with E-state index in [4.69, 9.17) is 0 Å². The number of amides is 1. The van der Waals surface area contributed by atoms with Gasteiger partial charge in [0.1, 0.15) is 5.82 Å². The number of hydrogen-bond acceptors (Lipinski definition) is 3. The van der Waals surface area contributed by atoms with E-state index in [1.807, 2.05) is 5.32 Å². The summed E-state index contributed by atoms with van der Waals surface area (Å²) in [7, 11) is 0. The Kier molecular flexibility index (Phi) is 4.94. The lowest BCUT2D eigenvalue weighted by Gasteiger charge is -2.20. The van der Waals surface area contributed by atoms with Gasteiger partial charge in [0.25, 0.3) is 5.91 Å². The molecule has 0 aliphatic heterocycles. The van der Waals surface area contributed by atoms with Crippen molar-refractivity contribution in [3.05, 3.63) is 90.4 Å². The van der Waals surface area contributed by atoms with Crippen LogP contribution in [0, 0.1) is 5.82 Å². The average Bonchev–Trinajstić information content (AvgIpc) is 3.12. The summed E-state index contributed by atoms with van der Waals surface area (Å²) in [5.41, 5.74) is 1.03. The van der Waals surface area contributed by atoms with Crippen LogP contribution in [-0.2, 0) is 0 Å². The number of aromatic nitrogens is 3. The van der Waals surface area contributed by atoms with Crippen molar-refractivity contribution in [2.75, 3.05) is 0 Å². The number of halogens is 4. The van der Waals surface area contributed by atoms with E-state index >= 15 is 0 Å². The minimum absolute atomic E-state index is 0.227. The molecule has 1 aromatic carbocycles. The van der Waals surface area contributed by atoms with Gasteiger partial charge in [0.2, 0.25) is 5.82 Å². The monoisotopic (exact) mass is 414 g/mol. The van der Waals surface area contributed by atoms with E-state index < -0.39 is 23.9 Å². The van der Waals surface area contributed by atoms with Crippen molar-refractivity contribution in [2.45, 2.75) is 12.2 Å². The summed E-state index contributed by atoms with van der Waals surface area (Å²) in [6.45, 7) is 0. The van der Waals surface area contributed by atoms with Gasteiger partial charge in [-0.1, -0.05) is 12.1 Å². The summed E-state index contributed by atoms with van der Waals surface area (Å²) < 4.78 is 55.4. The number of nitrogens with zero attached hydrogens (tertiary/aromatic N) is 3. The second-order valence-electron chi connectivity index (χ2n) is 6.45. The number of carbonyl (C=O) groups excluding carboxylic acids is 1. The Hall–Kier alpha value is -3.75. The van der Waals surface area contributed by atoms with Crippen molar-refractivity contribution < 1.29 is 22.4 Å². The molecule has 1 atom stereocenters. The third kappa shape index (κ3) is 3.73. The number of pyridine rings is 2. The van der Waals surface area contributed by atoms with Crippen LogP contribution in [-0.4, -0.2) is 26.5 Å². The molecule has 9 heteroatoms. The zero-order chi connectivity index (χ0) is 21.3. The zero-order valence-corrected chi connectivity index (χ0v) is 15.3. The summed E-state index contributed by atoms with van der Waals surface area (Å²) in [6, 6.07) is 12.2. The van der Waals surface area contributed by atoms with Crippen molar-refractivity contribution in [1.82, 2.24) is 19.7 Å². The summed E-state index contributed by atoms with van der Waals surface area (Å²) >= 11 is 0. The second kappa shape index (κ2) is 7.58. The number of imidazole rings is 1. The van der Waals surface area contributed by atoms with Gasteiger partial charge in [0.15, 0.2) is 6.04 Å². The largest absolute Gasteiger partial charge is 0.414 e. The molecule has 0 aliphatic rings. The predicted molar refractivity (Wildman–Crippen MR) is 101 cm³/mol. The Bertz CT molecular complexity index is 1190. The third-order valence-electron chi connectivity index (χ3n) is 4.46. The molecule has 1 unspecified atom stereocenters. The van der Waals surface area contributed by atoms with Gasteiger partial charge in [0.05, 0.1) is 16.9 Å². The molecule has 3 aromatic heterocycles. The second-order valence-corrected chi connectivity index (χ2v) is 6.45. The minimum Gasteiger partial charge on any atom is -0.333 e. The molecule has 30 heavy (non-hydrogen) atoms. The summed E-state index contributed by atoms with van der Waals surface area (Å²) in [6.07, 6.45) is -2.01. The quantitative estimate of drug-likeness (QED) is 0.498. The topological polar surface area (TPSA) is 59.3 Å². The highest BCUT2D eigenvalue weighted by molar-refractivity contribution is 5.94. The fourth-order valence-corrected chi connectivity index (χ4v) is 3.08. The third-order valence-corrected chi connectivity index (χ3v) is 4.46. The first kappa shape index (κ1) is 19.6. The molecular formula is C21H14F4N4O. The molecular weight excluding hydrogens is 400 g/mol. The van der Waals surface area contributed by atoms with Crippen LogP contribution in [0.15, 0.2) is 73.1 Å². The molecule has 0 radical (unpaired) electrons. The number of rotatable bonds is 4. The Morgan fingerprint density at radius 1 is 1.00 bits per heavy atom. The molecule has 0 spiro atoms. The lowest BCUT2D eigenvalue weighted by Crippen LogP contribution is -2.39. The van der Waals surface area contributed by atoms with Crippen molar-refractivity contribution in [1.29, 1.82) is 0 Å². The van der Waals surface area contributed by atoms with E-state index in [9.17, 15) is 22.4 Å². The number of fused-ring (bicyclic) bond motifs is 1. The molecule has 152 valence electrons. The fraction of sp³-hybridized carbons (Fsp3) is 0.0952. The number of carbonyl (C=O) groups is 1.